The first-order chi connectivity index (χ1) is 7.63. The summed E-state index contributed by atoms with van der Waals surface area (Å²) >= 11 is 0. The lowest BCUT2D eigenvalue weighted by molar-refractivity contribution is -0.117. The molecule has 0 aliphatic carbocycles. The molecule has 2 N–H and O–H groups in total. The molecule has 3 nitrogen and oxygen atoms in total. The first-order valence-electron chi connectivity index (χ1n) is 5.80. The largest absolute Gasteiger partial charge is 0.325 e. The van der Waals surface area contributed by atoms with Crippen LogP contribution in [0.25, 0.3) is 0 Å². The molecule has 0 saturated carbocycles. The quantitative estimate of drug-likeness (QED) is 0.821. The predicted molar refractivity (Wildman–Crippen MR) is 65.4 cm³/mol. The maximum atomic E-state index is 11.8. The van der Waals surface area contributed by atoms with Crippen molar-refractivity contribution in [1.82, 2.24) is 0 Å². The number of amides is 1. The molecule has 0 radical (unpaired) electrons. The SMILES string of the molecule is CCc1ccc(N2C(=O)CC(N)C2C)cc1. The van der Waals surface area contributed by atoms with Gasteiger partial charge in [-0.25, -0.2) is 0 Å². The fraction of sp³-hybridized carbons (Fsp3) is 0.462. The number of carbonyl (C=O) groups is 1. The van der Waals surface area contributed by atoms with E-state index in [1.165, 1.54) is 5.56 Å². The number of benzene rings is 1. The standard InChI is InChI=1S/C13H18N2O/c1-3-10-4-6-11(7-5-10)15-9(2)12(14)8-13(15)16/h4-7,9,12H,3,8,14H2,1-2H3. The van der Waals surface area contributed by atoms with Gasteiger partial charge in [0.25, 0.3) is 0 Å². The average molecular weight is 218 g/mol. The van der Waals surface area contributed by atoms with Gasteiger partial charge in [0.1, 0.15) is 0 Å². The third kappa shape index (κ3) is 1.83. The van der Waals surface area contributed by atoms with Gasteiger partial charge in [0.05, 0.1) is 0 Å². The normalized spacial score (nSPS) is 25.2. The van der Waals surface area contributed by atoms with E-state index in [-0.39, 0.29) is 18.0 Å². The molecule has 1 aromatic rings. The zero-order chi connectivity index (χ0) is 11.7. The van der Waals surface area contributed by atoms with Crippen LogP contribution >= 0.6 is 0 Å². The van der Waals surface area contributed by atoms with Gasteiger partial charge in [0, 0.05) is 24.2 Å². The van der Waals surface area contributed by atoms with Crippen LogP contribution in [0.3, 0.4) is 0 Å². The third-order valence-corrected chi connectivity index (χ3v) is 3.33. The minimum absolute atomic E-state index is 0.0432. The molecule has 2 unspecified atom stereocenters. The Kier molecular flexibility index (Phi) is 2.97. The zero-order valence-electron chi connectivity index (χ0n) is 9.81. The summed E-state index contributed by atoms with van der Waals surface area (Å²) in [5.74, 6) is 0.129. The van der Waals surface area contributed by atoms with Crippen molar-refractivity contribution < 1.29 is 4.79 Å². The lowest BCUT2D eigenvalue weighted by Crippen LogP contribution is -2.37. The number of aryl methyl sites for hydroxylation is 1. The summed E-state index contributed by atoms with van der Waals surface area (Å²) in [7, 11) is 0. The highest BCUT2D eigenvalue weighted by Gasteiger charge is 2.35. The van der Waals surface area contributed by atoms with Crippen molar-refractivity contribution in [1.29, 1.82) is 0 Å². The molecule has 2 atom stereocenters. The summed E-state index contributed by atoms with van der Waals surface area (Å²) < 4.78 is 0. The van der Waals surface area contributed by atoms with E-state index in [1.807, 2.05) is 24.0 Å². The first-order valence-corrected chi connectivity index (χ1v) is 5.80. The molecule has 1 aliphatic heterocycles. The number of rotatable bonds is 2. The Morgan fingerprint density at radius 3 is 2.44 bits per heavy atom. The van der Waals surface area contributed by atoms with Crippen LogP contribution in [-0.2, 0) is 11.2 Å². The van der Waals surface area contributed by atoms with Crippen LogP contribution in [0, 0.1) is 0 Å². The molecule has 1 aromatic carbocycles. The molecule has 1 amide bonds. The molecule has 0 aromatic heterocycles. The maximum absolute atomic E-state index is 11.8. The van der Waals surface area contributed by atoms with Gasteiger partial charge in [0.15, 0.2) is 0 Å². The van der Waals surface area contributed by atoms with Crippen molar-refractivity contribution in [2.45, 2.75) is 38.8 Å². The van der Waals surface area contributed by atoms with Crippen molar-refractivity contribution in [2.24, 2.45) is 5.73 Å². The predicted octanol–water partition coefficient (Wildman–Crippen LogP) is 1.70. The minimum atomic E-state index is -0.0432. The van der Waals surface area contributed by atoms with E-state index in [9.17, 15) is 4.79 Å². The monoisotopic (exact) mass is 218 g/mol. The second kappa shape index (κ2) is 4.26. The number of carbonyl (C=O) groups excluding carboxylic acids is 1. The summed E-state index contributed by atoms with van der Waals surface area (Å²) in [5, 5.41) is 0. The van der Waals surface area contributed by atoms with Gasteiger partial charge in [-0.2, -0.15) is 0 Å². The van der Waals surface area contributed by atoms with E-state index in [1.54, 1.807) is 0 Å². The van der Waals surface area contributed by atoms with Crippen LogP contribution in [0.5, 0.6) is 0 Å². The molecule has 2 rings (SSSR count). The van der Waals surface area contributed by atoms with Crippen molar-refractivity contribution in [3.8, 4) is 0 Å². The Balaban J connectivity index is 2.26. The van der Waals surface area contributed by atoms with E-state index in [2.05, 4.69) is 19.1 Å². The number of nitrogens with zero attached hydrogens (tertiary/aromatic N) is 1. The van der Waals surface area contributed by atoms with Gasteiger partial charge in [0.2, 0.25) is 5.91 Å². The summed E-state index contributed by atoms with van der Waals surface area (Å²) in [4.78, 5) is 13.6. The number of hydrogen-bond donors (Lipinski definition) is 1. The highest BCUT2D eigenvalue weighted by atomic mass is 16.2. The fourth-order valence-electron chi connectivity index (χ4n) is 2.16. The van der Waals surface area contributed by atoms with E-state index < -0.39 is 0 Å². The van der Waals surface area contributed by atoms with Gasteiger partial charge in [-0.05, 0) is 31.0 Å². The average Bonchev–Trinajstić information content (AvgIpc) is 2.54. The Hall–Kier alpha value is -1.35. The van der Waals surface area contributed by atoms with Crippen molar-refractivity contribution >= 4 is 11.6 Å². The van der Waals surface area contributed by atoms with Crippen LogP contribution in [0.4, 0.5) is 5.69 Å². The number of hydrogen-bond acceptors (Lipinski definition) is 2. The molecule has 1 heterocycles. The van der Waals surface area contributed by atoms with Gasteiger partial charge < -0.3 is 10.6 Å². The fourth-order valence-corrected chi connectivity index (χ4v) is 2.16. The summed E-state index contributed by atoms with van der Waals surface area (Å²) in [5.41, 5.74) is 8.14. The first kappa shape index (κ1) is 11.1. The second-order valence-corrected chi connectivity index (χ2v) is 4.39. The van der Waals surface area contributed by atoms with E-state index in [4.69, 9.17) is 5.73 Å². The summed E-state index contributed by atoms with van der Waals surface area (Å²) in [6.45, 7) is 4.12. The van der Waals surface area contributed by atoms with Gasteiger partial charge in [-0.15, -0.1) is 0 Å². The van der Waals surface area contributed by atoms with Crippen LogP contribution in [0.1, 0.15) is 25.8 Å². The van der Waals surface area contributed by atoms with Crippen LogP contribution in [0.2, 0.25) is 0 Å². The van der Waals surface area contributed by atoms with E-state index in [0.29, 0.717) is 6.42 Å². The second-order valence-electron chi connectivity index (χ2n) is 4.39. The van der Waals surface area contributed by atoms with Gasteiger partial charge in [-0.3, -0.25) is 4.79 Å². The smallest absolute Gasteiger partial charge is 0.228 e. The van der Waals surface area contributed by atoms with E-state index >= 15 is 0 Å². The lowest BCUT2D eigenvalue weighted by atomic mass is 10.1. The Bertz CT molecular complexity index is 385. The molecular weight excluding hydrogens is 200 g/mol. The topological polar surface area (TPSA) is 46.3 Å². The molecule has 86 valence electrons. The molecule has 3 heteroatoms. The Labute approximate surface area is 96.2 Å². The van der Waals surface area contributed by atoms with E-state index in [0.717, 1.165) is 12.1 Å². The maximum Gasteiger partial charge on any atom is 0.228 e. The van der Waals surface area contributed by atoms with Crippen LogP contribution < -0.4 is 10.6 Å². The van der Waals surface area contributed by atoms with Crippen molar-refractivity contribution in [3.05, 3.63) is 29.8 Å². The van der Waals surface area contributed by atoms with Gasteiger partial charge >= 0.3 is 0 Å². The third-order valence-electron chi connectivity index (χ3n) is 3.33. The van der Waals surface area contributed by atoms with Crippen molar-refractivity contribution in [2.75, 3.05) is 4.90 Å². The van der Waals surface area contributed by atoms with Crippen LogP contribution in [-0.4, -0.2) is 18.0 Å². The summed E-state index contributed by atoms with van der Waals surface area (Å²) in [6, 6.07) is 8.20. The number of nitrogens with two attached hydrogens (primary N) is 1. The minimum Gasteiger partial charge on any atom is -0.325 e. The lowest BCUT2D eigenvalue weighted by Gasteiger charge is -2.23. The molecule has 1 aliphatic rings. The zero-order valence-corrected chi connectivity index (χ0v) is 9.81. The molecule has 16 heavy (non-hydrogen) atoms. The Morgan fingerprint density at radius 1 is 1.38 bits per heavy atom. The Morgan fingerprint density at radius 2 is 2.00 bits per heavy atom. The van der Waals surface area contributed by atoms with Gasteiger partial charge in [-0.1, -0.05) is 19.1 Å². The van der Waals surface area contributed by atoms with Crippen LogP contribution in [0.15, 0.2) is 24.3 Å². The molecule has 0 spiro atoms. The number of anilines is 1. The highest BCUT2D eigenvalue weighted by molar-refractivity contribution is 5.97. The van der Waals surface area contributed by atoms with Crippen molar-refractivity contribution in [3.63, 3.8) is 0 Å². The molecular formula is C13H18N2O. The molecule has 0 bridgehead atoms. The molecule has 1 saturated heterocycles. The summed E-state index contributed by atoms with van der Waals surface area (Å²) in [6.07, 6.45) is 1.47. The highest BCUT2D eigenvalue weighted by Crippen LogP contribution is 2.26. The molecule has 1 fully saturated rings.